The lowest BCUT2D eigenvalue weighted by atomic mass is 9.88. The van der Waals surface area contributed by atoms with Gasteiger partial charge < -0.3 is 15.5 Å². The minimum atomic E-state index is -0.310. The highest BCUT2D eigenvalue weighted by atomic mass is 16.2. The molecule has 0 saturated heterocycles. The molecule has 5 nitrogen and oxygen atoms in total. The van der Waals surface area contributed by atoms with E-state index in [0.717, 1.165) is 12.8 Å². The summed E-state index contributed by atoms with van der Waals surface area (Å²) in [6.07, 6.45) is 1.63. The fraction of sp³-hybridized carbons (Fsp3) is 0.259. The normalized spacial score (nSPS) is 12.8. The highest BCUT2D eigenvalue weighted by Gasteiger charge is 2.20. The second kappa shape index (κ2) is 10.6. The molecule has 0 atom stereocenters. The van der Waals surface area contributed by atoms with Crippen LogP contribution in [0.5, 0.6) is 0 Å². The van der Waals surface area contributed by atoms with Gasteiger partial charge in [0, 0.05) is 25.6 Å². The summed E-state index contributed by atoms with van der Waals surface area (Å²) in [6, 6.07) is 28.5. The Morgan fingerprint density at radius 2 is 1.38 bits per heavy atom. The molecule has 5 heteroatoms. The second-order valence-electron chi connectivity index (χ2n) is 8.11. The molecule has 32 heavy (non-hydrogen) atoms. The fourth-order valence-corrected chi connectivity index (χ4v) is 4.27. The van der Waals surface area contributed by atoms with Gasteiger partial charge in [-0.2, -0.15) is 0 Å². The smallest absolute Gasteiger partial charge is 0.315 e. The van der Waals surface area contributed by atoms with E-state index in [9.17, 15) is 9.59 Å². The third-order valence-corrected chi connectivity index (χ3v) is 6.01. The number of fused-ring (bicyclic) bond motifs is 1. The molecule has 0 fully saturated rings. The van der Waals surface area contributed by atoms with E-state index in [0.29, 0.717) is 19.6 Å². The SMILES string of the molecule is O=C(NCCC(c1ccccc1)c1ccccc1)NCC(=O)N1CCc2ccccc2C1. The first-order chi connectivity index (χ1) is 15.7. The monoisotopic (exact) mass is 427 g/mol. The standard InChI is InChI=1S/C27H29N3O2/c31-26(30-18-16-21-9-7-8-14-24(21)20-30)19-29-27(32)28-17-15-25(22-10-3-1-4-11-22)23-12-5-2-6-13-23/h1-14,25H,15-20H2,(H2,28,29,32). The average Bonchev–Trinajstić information content (AvgIpc) is 2.86. The van der Waals surface area contributed by atoms with E-state index in [1.807, 2.05) is 53.4 Å². The number of nitrogens with zero attached hydrogens (tertiary/aromatic N) is 1. The molecule has 3 aromatic rings. The van der Waals surface area contributed by atoms with Crippen molar-refractivity contribution in [3.63, 3.8) is 0 Å². The van der Waals surface area contributed by atoms with Crippen LogP contribution < -0.4 is 10.6 Å². The largest absolute Gasteiger partial charge is 0.338 e. The van der Waals surface area contributed by atoms with Crippen LogP contribution in [-0.2, 0) is 17.8 Å². The number of urea groups is 1. The highest BCUT2D eigenvalue weighted by Crippen LogP contribution is 2.27. The van der Waals surface area contributed by atoms with Crippen molar-refractivity contribution in [3.05, 3.63) is 107 Å². The number of carbonyl (C=O) groups excluding carboxylic acids is 2. The van der Waals surface area contributed by atoms with Crippen molar-refractivity contribution in [2.45, 2.75) is 25.3 Å². The van der Waals surface area contributed by atoms with Crippen LogP contribution in [0.25, 0.3) is 0 Å². The molecule has 3 aromatic carbocycles. The summed E-state index contributed by atoms with van der Waals surface area (Å²) in [5.41, 5.74) is 4.93. The zero-order valence-electron chi connectivity index (χ0n) is 18.2. The van der Waals surface area contributed by atoms with Crippen molar-refractivity contribution in [1.29, 1.82) is 0 Å². The van der Waals surface area contributed by atoms with Gasteiger partial charge in [0.25, 0.3) is 0 Å². The number of amides is 3. The zero-order chi connectivity index (χ0) is 22.2. The van der Waals surface area contributed by atoms with Crippen LogP contribution in [0.2, 0.25) is 0 Å². The van der Waals surface area contributed by atoms with Crippen molar-refractivity contribution in [1.82, 2.24) is 15.5 Å². The minimum absolute atomic E-state index is 0.00873. The molecule has 1 aliphatic heterocycles. The molecule has 3 amide bonds. The van der Waals surface area contributed by atoms with E-state index in [4.69, 9.17) is 0 Å². The van der Waals surface area contributed by atoms with Gasteiger partial charge in [0.2, 0.25) is 5.91 Å². The third-order valence-electron chi connectivity index (χ3n) is 6.01. The van der Waals surface area contributed by atoms with E-state index in [2.05, 4.69) is 47.0 Å². The number of nitrogens with one attached hydrogen (secondary N) is 2. The van der Waals surface area contributed by atoms with Gasteiger partial charge in [-0.15, -0.1) is 0 Å². The van der Waals surface area contributed by atoms with Crippen LogP contribution in [0.3, 0.4) is 0 Å². The second-order valence-corrected chi connectivity index (χ2v) is 8.11. The Hall–Kier alpha value is -3.60. The predicted octanol–water partition coefficient (Wildman–Crippen LogP) is 4.09. The van der Waals surface area contributed by atoms with Gasteiger partial charge in [0.15, 0.2) is 0 Å². The molecule has 0 saturated carbocycles. The molecule has 0 aliphatic carbocycles. The first-order valence-corrected chi connectivity index (χ1v) is 11.2. The van der Waals surface area contributed by atoms with Crippen LogP contribution in [-0.4, -0.2) is 36.5 Å². The number of hydrogen-bond donors (Lipinski definition) is 2. The number of hydrogen-bond acceptors (Lipinski definition) is 2. The molecule has 1 aliphatic rings. The number of benzene rings is 3. The highest BCUT2D eigenvalue weighted by molar-refractivity contribution is 5.84. The van der Waals surface area contributed by atoms with E-state index in [-0.39, 0.29) is 24.4 Å². The van der Waals surface area contributed by atoms with Gasteiger partial charge in [-0.1, -0.05) is 84.9 Å². The first kappa shape index (κ1) is 21.6. The summed E-state index contributed by atoms with van der Waals surface area (Å²) in [6.45, 7) is 1.82. The summed E-state index contributed by atoms with van der Waals surface area (Å²) in [4.78, 5) is 26.6. The predicted molar refractivity (Wildman–Crippen MR) is 126 cm³/mol. The van der Waals surface area contributed by atoms with Crippen LogP contribution >= 0.6 is 0 Å². The lowest BCUT2D eigenvalue weighted by molar-refractivity contribution is -0.130. The summed E-state index contributed by atoms with van der Waals surface area (Å²) >= 11 is 0. The van der Waals surface area contributed by atoms with Crippen molar-refractivity contribution in [2.24, 2.45) is 0 Å². The Balaban J connectivity index is 1.25. The molecule has 0 unspecified atom stereocenters. The molecule has 1 heterocycles. The quantitative estimate of drug-likeness (QED) is 0.597. The first-order valence-electron chi connectivity index (χ1n) is 11.2. The molecule has 0 spiro atoms. The average molecular weight is 428 g/mol. The van der Waals surface area contributed by atoms with E-state index in [1.54, 1.807) is 0 Å². The van der Waals surface area contributed by atoms with Crippen molar-refractivity contribution < 1.29 is 9.59 Å². The summed E-state index contributed by atoms with van der Waals surface area (Å²) < 4.78 is 0. The van der Waals surface area contributed by atoms with Crippen molar-refractivity contribution in [2.75, 3.05) is 19.6 Å². The molecular formula is C27H29N3O2. The van der Waals surface area contributed by atoms with E-state index >= 15 is 0 Å². The summed E-state index contributed by atoms with van der Waals surface area (Å²) in [7, 11) is 0. The van der Waals surface area contributed by atoms with Crippen LogP contribution in [0.4, 0.5) is 4.79 Å². The lowest BCUT2D eigenvalue weighted by Gasteiger charge is -2.29. The molecule has 0 aromatic heterocycles. The molecule has 164 valence electrons. The minimum Gasteiger partial charge on any atom is -0.338 e. The molecule has 2 N–H and O–H groups in total. The van der Waals surface area contributed by atoms with E-state index < -0.39 is 0 Å². The van der Waals surface area contributed by atoms with Crippen LogP contribution in [0.15, 0.2) is 84.9 Å². The summed E-state index contributed by atoms with van der Waals surface area (Å²) in [5, 5.41) is 5.62. The van der Waals surface area contributed by atoms with Gasteiger partial charge >= 0.3 is 6.03 Å². The maximum Gasteiger partial charge on any atom is 0.315 e. The molecular weight excluding hydrogens is 398 g/mol. The Morgan fingerprint density at radius 3 is 2.03 bits per heavy atom. The topological polar surface area (TPSA) is 61.4 Å². The molecule has 0 bridgehead atoms. The Morgan fingerprint density at radius 1 is 0.781 bits per heavy atom. The van der Waals surface area contributed by atoms with Crippen LogP contribution in [0, 0.1) is 0 Å². The number of rotatable bonds is 7. The Labute approximate surface area is 189 Å². The zero-order valence-corrected chi connectivity index (χ0v) is 18.2. The van der Waals surface area contributed by atoms with Gasteiger partial charge in [-0.05, 0) is 35.1 Å². The molecule has 4 rings (SSSR count). The van der Waals surface area contributed by atoms with Crippen LogP contribution in [0.1, 0.15) is 34.6 Å². The van der Waals surface area contributed by atoms with Gasteiger partial charge in [-0.25, -0.2) is 4.79 Å². The third kappa shape index (κ3) is 5.55. The number of carbonyl (C=O) groups is 2. The molecule has 0 radical (unpaired) electrons. The maximum atomic E-state index is 12.5. The Kier molecular flexibility index (Phi) is 7.18. The Bertz CT molecular complexity index is 998. The van der Waals surface area contributed by atoms with Crippen molar-refractivity contribution >= 4 is 11.9 Å². The van der Waals surface area contributed by atoms with Gasteiger partial charge in [0.05, 0.1) is 6.54 Å². The van der Waals surface area contributed by atoms with Crippen molar-refractivity contribution in [3.8, 4) is 0 Å². The van der Waals surface area contributed by atoms with E-state index in [1.165, 1.54) is 22.3 Å². The maximum absolute atomic E-state index is 12.5. The van der Waals surface area contributed by atoms with Gasteiger partial charge in [0.1, 0.15) is 0 Å². The lowest BCUT2D eigenvalue weighted by Crippen LogP contribution is -2.45. The fourth-order valence-electron chi connectivity index (χ4n) is 4.27. The summed E-state index contributed by atoms with van der Waals surface area (Å²) in [5.74, 6) is 0.147. The van der Waals surface area contributed by atoms with Gasteiger partial charge in [-0.3, -0.25) is 4.79 Å².